The van der Waals surface area contributed by atoms with Crippen LogP contribution in [0.25, 0.3) is 5.65 Å². The number of nitrogens with one attached hydrogen (secondary N) is 1. The highest BCUT2D eigenvalue weighted by atomic mass is 32.2. The molecule has 0 aromatic carbocycles. The van der Waals surface area contributed by atoms with Crippen LogP contribution < -0.4 is 10.9 Å². The molecule has 0 atom stereocenters. The van der Waals surface area contributed by atoms with E-state index in [-0.39, 0.29) is 5.56 Å². The highest BCUT2D eigenvalue weighted by Crippen LogP contribution is 2.27. The molecule has 8 heteroatoms. The summed E-state index contributed by atoms with van der Waals surface area (Å²) in [7, 11) is 0. The first-order valence-corrected chi connectivity index (χ1v) is 8.76. The van der Waals surface area contributed by atoms with Gasteiger partial charge in [-0.05, 0) is 18.6 Å². The van der Waals surface area contributed by atoms with Gasteiger partial charge in [0.05, 0.1) is 5.69 Å². The maximum absolute atomic E-state index is 12.2. The molecule has 3 aromatic heterocycles. The molecule has 3 heterocycles. The summed E-state index contributed by atoms with van der Waals surface area (Å²) >= 11 is 2.99. The maximum atomic E-state index is 12.2. The summed E-state index contributed by atoms with van der Waals surface area (Å²) in [6, 6.07) is 5.36. The number of anilines is 1. The largest absolute Gasteiger partial charge is 0.357 e. The Morgan fingerprint density at radius 3 is 3.17 bits per heavy atom. The lowest BCUT2D eigenvalue weighted by atomic mass is 10.3. The Bertz CT molecular complexity index is 902. The lowest BCUT2D eigenvalue weighted by Gasteiger charge is -2.05. The first-order chi connectivity index (χ1) is 11.2. The Morgan fingerprint density at radius 1 is 1.48 bits per heavy atom. The van der Waals surface area contributed by atoms with Crippen molar-refractivity contribution in [3.05, 3.63) is 58.7 Å². The van der Waals surface area contributed by atoms with E-state index in [9.17, 15) is 4.79 Å². The van der Waals surface area contributed by atoms with Gasteiger partial charge in [0, 0.05) is 24.6 Å². The number of pyridine rings is 1. The van der Waals surface area contributed by atoms with Gasteiger partial charge in [-0.3, -0.25) is 9.20 Å². The van der Waals surface area contributed by atoms with Crippen LogP contribution in [0.5, 0.6) is 0 Å². The Morgan fingerprint density at radius 2 is 2.35 bits per heavy atom. The molecule has 0 saturated heterocycles. The summed E-state index contributed by atoms with van der Waals surface area (Å²) in [5.41, 5.74) is 2.34. The molecule has 6 nitrogen and oxygen atoms in total. The van der Waals surface area contributed by atoms with E-state index in [1.807, 2.05) is 19.1 Å². The Balaban J connectivity index is 1.77. The number of hydrogen-bond acceptors (Lipinski definition) is 7. The standard InChI is InChI=1S/C15H15N5OS2/c1-3-6-16-14-18-19-15(23-14)22-9-11-8-12(21)20-7-4-5-10(2)13(20)17-11/h3-5,7-8H,1,6,9H2,2H3,(H,16,18). The fourth-order valence-corrected chi connectivity index (χ4v) is 3.67. The summed E-state index contributed by atoms with van der Waals surface area (Å²) in [4.78, 5) is 16.7. The second-order valence-electron chi connectivity index (χ2n) is 4.80. The number of thioether (sulfide) groups is 1. The number of hydrogen-bond donors (Lipinski definition) is 1. The number of rotatable bonds is 6. The van der Waals surface area contributed by atoms with Gasteiger partial charge in [0.25, 0.3) is 5.56 Å². The quantitative estimate of drug-likeness (QED) is 0.547. The number of fused-ring (bicyclic) bond motifs is 1. The topological polar surface area (TPSA) is 72.2 Å². The fourth-order valence-electron chi connectivity index (χ4n) is 2.02. The average molecular weight is 345 g/mol. The third-order valence-electron chi connectivity index (χ3n) is 3.09. The predicted molar refractivity (Wildman–Crippen MR) is 94.4 cm³/mol. The second kappa shape index (κ2) is 6.93. The number of nitrogens with zero attached hydrogens (tertiary/aromatic N) is 4. The van der Waals surface area contributed by atoms with Gasteiger partial charge < -0.3 is 5.32 Å². The highest BCUT2D eigenvalue weighted by Gasteiger charge is 2.08. The molecule has 0 bridgehead atoms. The normalized spacial score (nSPS) is 10.8. The molecule has 0 aliphatic carbocycles. The van der Waals surface area contributed by atoms with Crippen molar-refractivity contribution < 1.29 is 0 Å². The van der Waals surface area contributed by atoms with Crippen LogP contribution in [-0.2, 0) is 5.75 Å². The van der Waals surface area contributed by atoms with Gasteiger partial charge in [-0.25, -0.2) is 4.98 Å². The highest BCUT2D eigenvalue weighted by molar-refractivity contribution is 8.00. The smallest absolute Gasteiger partial charge is 0.258 e. The first-order valence-electron chi connectivity index (χ1n) is 6.96. The van der Waals surface area contributed by atoms with Gasteiger partial charge in [-0.2, -0.15) is 0 Å². The molecule has 3 aromatic rings. The molecule has 3 rings (SSSR count). The molecule has 0 spiro atoms. The number of aromatic nitrogens is 4. The third kappa shape index (κ3) is 3.59. The Hall–Kier alpha value is -2.19. The monoisotopic (exact) mass is 345 g/mol. The van der Waals surface area contributed by atoms with Crippen molar-refractivity contribution in [3.63, 3.8) is 0 Å². The lowest BCUT2D eigenvalue weighted by Crippen LogP contribution is -2.15. The molecule has 0 fully saturated rings. The minimum absolute atomic E-state index is 0.0695. The summed E-state index contributed by atoms with van der Waals surface area (Å²) in [5, 5.41) is 12.0. The summed E-state index contributed by atoms with van der Waals surface area (Å²) in [5.74, 6) is 0.580. The van der Waals surface area contributed by atoms with Crippen LogP contribution in [0, 0.1) is 6.92 Å². The van der Waals surface area contributed by atoms with E-state index in [2.05, 4.69) is 27.1 Å². The van der Waals surface area contributed by atoms with Crippen molar-refractivity contribution in [2.75, 3.05) is 11.9 Å². The van der Waals surface area contributed by atoms with E-state index in [1.54, 1.807) is 22.7 Å². The van der Waals surface area contributed by atoms with E-state index in [0.717, 1.165) is 20.7 Å². The van der Waals surface area contributed by atoms with Crippen molar-refractivity contribution in [2.45, 2.75) is 17.0 Å². The molecular weight excluding hydrogens is 330 g/mol. The molecule has 0 saturated carbocycles. The van der Waals surface area contributed by atoms with Gasteiger partial charge in [0.15, 0.2) is 4.34 Å². The molecule has 1 N–H and O–H groups in total. The van der Waals surface area contributed by atoms with Crippen LogP contribution in [0.3, 0.4) is 0 Å². The molecule has 23 heavy (non-hydrogen) atoms. The Kier molecular flexibility index (Phi) is 4.73. The van der Waals surface area contributed by atoms with Crippen molar-refractivity contribution in [1.29, 1.82) is 0 Å². The van der Waals surface area contributed by atoms with E-state index in [4.69, 9.17) is 0 Å². The third-order valence-corrected chi connectivity index (χ3v) is 5.13. The Labute approximate surface area is 141 Å². The van der Waals surface area contributed by atoms with Crippen molar-refractivity contribution >= 4 is 33.9 Å². The molecule has 0 aliphatic rings. The average Bonchev–Trinajstić information content (AvgIpc) is 3.00. The fraction of sp³-hybridized carbons (Fsp3) is 0.200. The van der Waals surface area contributed by atoms with E-state index in [1.165, 1.54) is 23.1 Å². The SMILES string of the molecule is C=CCNc1nnc(SCc2cc(=O)n3cccc(C)c3n2)s1. The van der Waals surface area contributed by atoms with Gasteiger partial charge >= 0.3 is 0 Å². The zero-order valence-electron chi connectivity index (χ0n) is 12.5. The van der Waals surface area contributed by atoms with Crippen LogP contribution in [0.2, 0.25) is 0 Å². The molecule has 0 radical (unpaired) electrons. The van der Waals surface area contributed by atoms with Crippen molar-refractivity contribution in [2.24, 2.45) is 0 Å². The summed E-state index contributed by atoms with van der Waals surface area (Å²) in [6.07, 6.45) is 3.50. The van der Waals surface area contributed by atoms with Crippen LogP contribution in [0.1, 0.15) is 11.3 Å². The van der Waals surface area contributed by atoms with Crippen LogP contribution in [0.4, 0.5) is 5.13 Å². The van der Waals surface area contributed by atoms with Crippen molar-refractivity contribution in [1.82, 2.24) is 19.6 Å². The minimum Gasteiger partial charge on any atom is -0.357 e. The van der Waals surface area contributed by atoms with Gasteiger partial charge in [0.2, 0.25) is 5.13 Å². The summed E-state index contributed by atoms with van der Waals surface area (Å²) in [6.45, 7) is 6.25. The first kappa shape index (κ1) is 15.7. The van der Waals surface area contributed by atoms with Crippen LogP contribution >= 0.6 is 23.1 Å². The lowest BCUT2D eigenvalue weighted by molar-refractivity contribution is 0.992. The van der Waals surface area contributed by atoms with Crippen LogP contribution in [-0.4, -0.2) is 26.1 Å². The molecular formula is C15H15N5OS2. The molecule has 0 aliphatic heterocycles. The van der Waals surface area contributed by atoms with Gasteiger partial charge in [0.1, 0.15) is 5.65 Å². The molecule has 0 unspecified atom stereocenters. The van der Waals surface area contributed by atoms with E-state index < -0.39 is 0 Å². The van der Waals surface area contributed by atoms with Gasteiger partial charge in [-0.1, -0.05) is 35.2 Å². The summed E-state index contributed by atoms with van der Waals surface area (Å²) < 4.78 is 2.40. The maximum Gasteiger partial charge on any atom is 0.258 e. The zero-order chi connectivity index (χ0) is 16.2. The molecule has 0 amide bonds. The van der Waals surface area contributed by atoms with Crippen molar-refractivity contribution in [3.8, 4) is 0 Å². The van der Waals surface area contributed by atoms with E-state index in [0.29, 0.717) is 17.9 Å². The second-order valence-corrected chi connectivity index (χ2v) is 7.00. The number of aryl methyl sites for hydroxylation is 1. The van der Waals surface area contributed by atoms with E-state index >= 15 is 0 Å². The van der Waals surface area contributed by atoms with Gasteiger partial charge in [-0.15, -0.1) is 16.8 Å². The minimum atomic E-state index is -0.0695. The zero-order valence-corrected chi connectivity index (χ0v) is 14.2. The van der Waals surface area contributed by atoms with Crippen LogP contribution in [0.15, 0.2) is 46.2 Å². The molecule has 118 valence electrons. The predicted octanol–water partition coefficient (Wildman–Crippen LogP) is 2.74.